The van der Waals surface area contributed by atoms with E-state index in [1.165, 1.54) is 0 Å². The third-order valence-electron chi connectivity index (χ3n) is 5.76. The number of hydrogen-bond donors (Lipinski definition) is 2. The number of carbonyl (C=O) groups excluding carboxylic acids is 1. The Morgan fingerprint density at radius 2 is 2.09 bits per heavy atom. The first kappa shape index (κ1) is 22.0. The molecule has 0 aliphatic carbocycles. The highest BCUT2D eigenvalue weighted by Crippen LogP contribution is 2.32. The number of β-amino-alcohol motifs (C(OH)–C–C–N with tert-alkyl or cyclic N) is 1. The molecule has 3 heterocycles. The fourth-order valence-corrected chi connectivity index (χ4v) is 4.24. The molecule has 4 rings (SSSR count). The molecule has 8 heteroatoms. The summed E-state index contributed by atoms with van der Waals surface area (Å²) in [6.45, 7) is 4.20. The van der Waals surface area contributed by atoms with E-state index in [2.05, 4.69) is 14.9 Å². The maximum atomic E-state index is 12.9. The largest absolute Gasteiger partial charge is 0.492 e. The van der Waals surface area contributed by atoms with Gasteiger partial charge in [0.2, 0.25) is 0 Å². The fraction of sp³-hybridized carbons (Fsp3) is 0.375. The summed E-state index contributed by atoms with van der Waals surface area (Å²) in [5, 5.41) is 12.2. The lowest BCUT2D eigenvalue weighted by Gasteiger charge is -2.29. The van der Waals surface area contributed by atoms with Crippen LogP contribution in [-0.2, 0) is 0 Å². The predicted molar refractivity (Wildman–Crippen MR) is 124 cm³/mol. The number of pyridine rings is 2. The van der Waals surface area contributed by atoms with Crippen molar-refractivity contribution >= 4 is 22.5 Å². The molecule has 0 bridgehead atoms. The minimum Gasteiger partial charge on any atom is -0.492 e. The monoisotopic (exact) mass is 435 g/mol. The fourth-order valence-electron chi connectivity index (χ4n) is 4.24. The highest BCUT2D eigenvalue weighted by atomic mass is 16.5. The highest BCUT2D eigenvalue weighted by Gasteiger charge is 2.38. The molecule has 168 valence electrons. The van der Waals surface area contributed by atoms with Crippen LogP contribution in [0.15, 0.2) is 48.8 Å². The van der Waals surface area contributed by atoms with Crippen LogP contribution < -0.4 is 15.4 Å². The first-order valence-electron chi connectivity index (χ1n) is 10.8. The van der Waals surface area contributed by atoms with E-state index in [9.17, 15) is 9.90 Å². The molecule has 1 atom stereocenters. The molecule has 2 aromatic heterocycles. The van der Waals surface area contributed by atoms with Crippen LogP contribution in [0.5, 0.6) is 5.75 Å². The van der Waals surface area contributed by atoms with Crippen LogP contribution in [0.2, 0.25) is 0 Å². The van der Waals surface area contributed by atoms with Gasteiger partial charge in [0, 0.05) is 61.4 Å². The van der Waals surface area contributed by atoms with Gasteiger partial charge in [0.25, 0.3) is 5.91 Å². The quantitative estimate of drug-likeness (QED) is 0.585. The van der Waals surface area contributed by atoms with Crippen LogP contribution in [0.3, 0.4) is 0 Å². The second kappa shape index (κ2) is 9.10. The average molecular weight is 436 g/mol. The van der Waals surface area contributed by atoms with Gasteiger partial charge >= 0.3 is 0 Å². The van der Waals surface area contributed by atoms with Crippen LogP contribution in [-0.4, -0.2) is 71.3 Å². The van der Waals surface area contributed by atoms with Gasteiger partial charge in [-0.1, -0.05) is 0 Å². The van der Waals surface area contributed by atoms with E-state index >= 15 is 0 Å². The summed E-state index contributed by atoms with van der Waals surface area (Å²) in [4.78, 5) is 25.4. The SMILES string of the molecule is Cc1cc(N2CCC(O)(CN(C)C(=O)c3ccc(OCCN)cc3)C2)c2cnccc2n1. The number of fused-ring (bicyclic) bond motifs is 1. The predicted octanol–water partition coefficient (Wildman–Crippen LogP) is 1.99. The number of aromatic nitrogens is 2. The molecule has 3 aromatic rings. The second-order valence-electron chi connectivity index (χ2n) is 8.39. The zero-order chi connectivity index (χ0) is 22.7. The number of anilines is 1. The van der Waals surface area contributed by atoms with Gasteiger partial charge in [0.1, 0.15) is 18.0 Å². The summed E-state index contributed by atoms with van der Waals surface area (Å²) in [7, 11) is 1.72. The highest BCUT2D eigenvalue weighted by molar-refractivity contribution is 5.94. The van der Waals surface area contributed by atoms with Gasteiger partial charge in [-0.15, -0.1) is 0 Å². The third-order valence-corrected chi connectivity index (χ3v) is 5.76. The number of amides is 1. The summed E-state index contributed by atoms with van der Waals surface area (Å²) in [6, 6.07) is 10.9. The Kier molecular flexibility index (Phi) is 6.25. The lowest BCUT2D eigenvalue weighted by molar-refractivity contribution is 0.0264. The zero-order valence-electron chi connectivity index (χ0n) is 18.5. The van der Waals surface area contributed by atoms with Crippen molar-refractivity contribution in [2.45, 2.75) is 18.9 Å². The number of likely N-dealkylation sites (N-methyl/N-ethyl adjacent to an activating group) is 1. The van der Waals surface area contributed by atoms with E-state index in [4.69, 9.17) is 10.5 Å². The zero-order valence-corrected chi connectivity index (χ0v) is 18.5. The molecule has 0 radical (unpaired) electrons. The number of ether oxygens (including phenoxy) is 1. The third kappa shape index (κ3) is 4.66. The van der Waals surface area contributed by atoms with Gasteiger partial charge in [-0.3, -0.25) is 14.8 Å². The molecule has 1 saturated heterocycles. The molecule has 1 aliphatic rings. The van der Waals surface area contributed by atoms with Gasteiger partial charge in [-0.05, 0) is 49.7 Å². The average Bonchev–Trinajstić information content (AvgIpc) is 3.18. The molecule has 1 aromatic carbocycles. The summed E-state index contributed by atoms with van der Waals surface area (Å²) < 4.78 is 5.46. The van der Waals surface area contributed by atoms with Crippen LogP contribution in [0, 0.1) is 6.92 Å². The Morgan fingerprint density at radius 3 is 2.84 bits per heavy atom. The molecule has 8 nitrogen and oxygen atoms in total. The molecule has 1 fully saturated rings. The van der Waals surface area contributed by atoms with Gasteiger partial charge in [-0.25, -0.2) is 0 Å². The van der Waals surface area contributed by atoms with Crippen molar-refractivity contribution in [3.05, 3.63) is 60.0 Å². The van der Waals surface area contributed by atoms with E-state index < -0.39 is 5.60 Å². The Bertz CT molecular complexity index is 1100. The number of aliphatic hydroxyl groups is 1. The summed E-state index contributed by atoms with van der Waals surface area (Å²) in [5.74, 6) is 0.533. The molecule has 0 spiro atoms. The van der Waals surface area contributed by atoms with Crippen LogP contribution in [0.1, 0.15) is 22.5 Å². The van der Waals surface area contributed by atoms with Crippen LogP contribution in [0.25, 0.3) is 10.9 Å². The topological polar surface area (TPSA) is 105 Å². The molecule has 1 aliphatic heterocycles. The number of rotatable bonds is 7. The molecular formula is C24H29N5O3. The minimum absolute atomic E-state index is 0.142. The molecule has 0 saturated carbocycles. The van der Waals surface area contributed by atoms with E-state index in [1.807, 2.05) is 25.3 Å². The molecule has 1 amide bonds. The van der Waals surface area contributed by atoms with Gasteiger partial charge in [0.05, 0.1) is 12.1 Å². The van der Waals surface area contributed by atoms with Crippen LogP contribution in [0.4, 0.5) is 5.69 Å². The van der Waals surface area contributed by atoms with Crippen molar-refractivity contribution in [2.24, 2.45) is 5.73 Å². The Hall–Kier alpha value is -3.23. The second-order valence-corrected chi connectivity index (χ2v) is 8.39. The van der Waals surface area contributed by atoms with Gasteiger partial charge < -0.3 is 25.4 Å². The number of nitrogens with zero attached hydrogens (tertiary/aromatic N) is 4. The molecule has 32 heavy (non-hydrogen) atoms. The number of benzene rings is 1. The standard InChI is InChI=1S/C24H29N5O3/c1-17-13-22(20-14-26-10-7-21(20)27-17)29-11-8-24(31,16-29)15-28(2)23(30)18-3-5-19(6-4-18)32-12-9-25/h3-7,10,13-14,31H,8-9,11-12,15-16,25H2,1-2H3. The Labute approximate surface area is 187 Å². The first-order chi connectivity index (χ1) is 15.4. The van der Waals surface area contributed by atoms with Gasteiger partial charge in [0.15, 0.2) is 0 Å². The van der Waals surface area contributed by atoms with E-state index in [0.29, 0.717) is 44.0 Å². The van der Waals surface area contributed by atoms with E-state index in [0.717, 1.165) is 22.3 Å². The maximum Gasteiger partial charge on any atom is 0.253 e. The van der Waals surface area contributed by atoms with Crippen molar-refractivity contribution in [3.8, 4) is 5.75 Å². The Balaban J connectivity index is 1.45. The lowest BCUT2D eigenvalue weighted by Crippen LogP contribution is -2.45. The minimum atomic E-state index is -1.000. The summed E-state index contributed by atoms with van der Waals surface area (Å²) in [5.41, 5.74) is 7.81. The number of hydrogen-bond acceptors (Lipinski definition) is 7. The maximum absolute atomic E-state index is 12.9. The van der Waals surface area contributed by atoms with E-state index in [1.54, 1.807) is 42.4 Å². The smallest absolute Gasteiger partial charge is 0.253 e. The van der Waals surface area contributed by atoms with Crippen molar-refractivity contribution in [2.75, 3.05) is 44.7 Å². The summed E-state index contributed by atoms with van der Waals surface area (Å²) in [6.07, 6.45) is 4.11. The molecule has 3 N–H and O–H groups in total. The van der Waals surface area contributed by atoms with Gasteiger partial charge in [-0.2, -0.15) is 0 Å². The molecular weight excluding hydrogens is 406 g/mol. The van der Waals surface area contributed by atoms with Crippen molar-refractivity contribution in [1.29, 1.82) is 0 Å². The normalized spacial score (nSPS) is 18.2. The van der Waals surface area contributed by atoms with E-state index in [-0.39, 0.29) is 12.5 Å². The Morgan fingerprint density at radius 1 is 1.31 bits per heavy atom. The number of aryl methyl sites for hydroxylation is 1. The number of nitrogens with two attached hydrogens (primary N) is 1. The summed E-state index contributed by atoms with van der Waals surface area (Å²) >= 11 is 0. The van der Waals surface area contributed by atoms with Crippen molar-refractivity contribution < 1.29 is 14.6 Å². The van der Waals surface area contributed by atoms with Crippen LogP contribution >= 0.6 is 0 Å². The van der Waals surface area contributed by atoms with Crippen molar-refractivity contribution in [3.63, 3.8) is 0 Å². The van der Waals surface area contributed by atoms with Crippen molar-refractivity contribution in [1.82, 2.24) is 14.9 Å². The first-order valence-corrected chi connectivity index (χ1v) is 10.8. The number of carbonyl (C=O) groups is 1. The molecule has 1 unspecified atom stereocenters. The lowest BCUT2D eigenvalue weighted by atomic mass is 10.0.